The first-order chi connectivity index (χ1) is 46.6. The number of hydrogen-bond donors (Lipinski definition) is 0. The summed E-state index contributed by atoms with van der Waals surface area (Å²) in [5.41, 5.74) is 27.7. The molecule has 2 aliphatic rings. The second-order valence-corrected chi connectivity index (χ2v) is 24.3. The minimum Gasteiger partial charge on any atom is -0.311 e. The molecular formula is C87H57BN6. The van der Waals surface area contributed by atoms with E-state index in [2.05, 4.69) is 324 Å². The van der Waals surface area contributed by atoms with Gasteiger partial charge in [-0.3, -0.25) is 0 Å². The number of hydrogen-bond acceptors (Lipinski definition) is 5. The fourth-order valence-electron chi connectivity index (χ4n) is 14.5. The van der Waals surface area contributed by atoms with E-state index in [1.807, 2.05) is 36.4 Å². The van der Waals surface area contributed by atoms with Gasteiger partial charge >= 0.3 is 0 Å². The molecule has 6 nitrogen and oxygen atoms in total. The van der Waals surface area contributed by atoms with Crippen molar-refractivity contribution < 1.29 is 0 Å². The van der Waals surface area contributed by atoms with Gasteiger partial charge in [0.15, 0.2) is 17.5 Å². The lowest BCUT2D eigenvalue weighted by Gasteiger charge is -2.44. The first kappa shape index (κ1) is 54.5. The van der Waals surface area contributed by atoms with Gasteiger partial charge < -0.3 is 14.4 Å². The molecule has 2 aromatic heterocycles. The standard InChI is InChI=1S/C87H57BN6/c1-7-27-58(28-8-1)65-49-66(59-29-9-2-10-30-59)52-70(51-65)92-80-45-25-21-41-75(80)88-76-42-22-26-46-81(76)93(71-53-67(60-31-11-3-12-32-60)50-68(54-71)61-33-13-4-14-34-61)83-57-69(56-82(92)84(83)88)64-47-48-79-74(55-64)72-39-19-23-43-77(72)94(79)78-44-24-20-40-73(78)87-90-85(62-35-15-5-16-36-62)89-86(91-87)63-37-17-6-18-38-63/h1-57H. The molecule has 0 saturated carbocycles. The fourth-order valence-corrected chi connectivity index (χ4v) is 14.5. The van der Waals surface area contributed by atoms with Crippen LogP contribution in [0.3, 0.4) is 0 Å². The van der Waals surface area contributed by atoms with Crippen molar-refractivity contribution in [3.05, 3.63) is 346 Å². The number of fused-ring (bicyclic) bond motifs is 7. The molecule has 18 rings (SSSR count). The van der Waals surface area contributed by atoms with Crippen LogP contribution < -0.4 is 26.2 Å². The summed E-state index contributed by atoms with van der Waals surface area (Å²) in [6.07, 6.45) is 0. The molecule has 0 fully saturated rings. The zero-order valence-corrected chi connectivity index (χ0v) is 51.2. The molecule has 438 valence electrons. The molecule has 0 atom stereocenters. The van der Waals surface area contributed by atoms with Crippen LogP contribution in [-0.2, 0) is 0 Å². The Bertz CT molecular complexity index is 5190. The van der Waals surface area contributed by atoms with Gasteiger partial charge in [-0.1, -0.05) is 255 Å². The van der Waals surface area contributed by atoms with Gasteiger partial charge in [0, 0.05) is 61.6 Å². The van der Waals surface area contributed by atoms with Crippen molar-refractivity contribution in [1.29, 1.82) is 0 Å². The van der Waals surface area contributed by atoms with E-state index in [-0.39, 0.29) is 6.71 Å². The Hall–Kier alpha value is -12.4. The van der Waals surface area contributed by atoms with Gasteiger partial charge in [-0.15, -0.1) is 0 Å². The lowest BCUT2D eigenvalue weighted by atomic mass is 9.33. The highest BCUT2D eigenvalue weighted by molar-refractivity contribution is 7.00. The SMILES string of the molecule is c1ccc(-c2cc(-c3ccccc3)cc(N3c4ccccc4B4c5ccccc5N(c5cc(-c6ccccc6)cc(-c6ccccc6)c5)c5cc(-c6ccc7c(c6)c6ccccc6n7-c6ccccc6-c6nc(-c7ccccc7)nc(-c7ccccc7)n6)cc3c54)c2)cc1. The summed E-state index contributed by atoms with van der Waals surface area (Å²) in [6, 6.07) is 125. The van der Waals surface area contributed by atoms with E-state index >= 15 is 0 Å². The van der Waals surface area contributed by atoms with Gasteiger partial charge in [0.05, 0.1) is 16.7 Å². The van der Waals surface area contributed by atoms with Crippen molar-refractivity contribution in [2.75, 3.05) is 9.80 Å². The lowest BCUT2D eigenvalue weighted by Crippen LogP contribution is -2.61. The third-order valence-corrected chi connectivity index (χ3v) is 18.8. The largest absolute Gasteiger partial charge is 0.311 e. The summed E-state index contributed by atoms with van der Waals surface area (Å²) in [5.74, 6) is 1.83. The first-order valence-electron chi connectivity index (χ1n) is 32.1. The molecule has 0 bridgehead atoms. The van der Waals surface area contributed by atoms with E-state index in [0.29, 0.717) is 17.5 Å². The third kappa shape index (κ3) is 9.40. The van der Waals surface area contributed by atoms with Crippen molar-refractivity contribution in [2.45, 2.75) is 0 Å². The maximum absolute atomic E-state index is 5.27. The number of benzene rings is 14. The Morgan fingerprint density at radius 3 is 1.05 bits per heavy atom. The van der Waals surface area contributed by atoms with E-state index in [9.17, 15) is 0 Å². The minimum atomic E-state index is -0.0896. The predicted octanol–water partition coefficient (Wildman–Crippen LogP) is 20.4. The zero-order valence-electron chi connectivity index (χ0n) is 51.2. The summed E-state index contributed by atoms with van der Waals surface area (Å²) >= 11 is 0. The van der Waals surface area contributed by atoms with Crippen LogP contribution in [0.25, 0.3) is 117 Å². The minimum absolute atomic E-state index is 0.0896. The molecule has 94 heavy (non-hydrogen) atoms. The van der Waals surface area contributed by atoms with Gasteiger partial charge in [-0.05, 0) is 163 Å². The summed E-state index contributed by atoms with van der Waals surface area (Å²) in [6.45, 7) is -0.0896. The molecule has 16 aromatic rings. The van der Waals surface area contributed by atoms with Crippen LogP contribution >= 0.6 is 0 Å². The summed E-state index contributed by atoms with van der Waals surface area (Å²) < 4.78 is 2.39. The molecular weight excluding hydrogens is 1140 g/mol. The van der Waals surface area contributed by atoms with Crippen molar-refractivity contribution >= 4 is 79.0 Å². The van der Waals surface area contributed by atoms with Crippen LogP contribution in [0.15, 0.2) is 346 Å². The molecule has 0 spiro atoms. The van der Waals surface area contributed by atoms with Crippen molar-refractivity contribution in [1.82, 2.24) is 19.5 Å². The van der Waals surface area contributed by atoms with E-state index in [1.165, 1.54) is 16.4 Å². The summed E-state index contributed by atoms with van der Waals surface area (Å²) in [7, 11) is 0. The zero-order chi connectivity index (χ0) is 62.1. The lowest BCUT2D eigenvalue weighted by molar-refractivity contribution is 1.06. The quantitative estimate of drug-likeness (QED) is 0.121. The van der Waals surface area contributed by atoms with Crippen LogP contribution in [0.1, 0.15) is 0 Å². The molecule has 0 aliphatic carbocycles. The van der Waals surface area contributed by atoms with E-state index in [1.54, 1.807) is 0 Å². The smallest absolute Gasteiger partial charge is 0.252 e. The highest BCUT2D eigenvalue weighted by Gasteiger charge is 2.44. The summed E-state index contributed by atoms with van der Waals surface area (Å²) in [4.78, 5) is 20.7. The van der Waals surface area contributed by atoms with Gasteiger partial charge in [0.2, 0.25) is 0 Å². The predicted molar refractivity (Wildman–Crippen MR) is 392 cm³/mol. The molecule has 0 N–H and O–H groups in total. The van der Waals surface area contributed by atoms with Gasteiger partial charge in [0.25, 0.3) is 6.71 Å². The number of rotatable bonds is 11. The Balaban J connectivity index is 0.892. The Kier molecular flexibility index (Phi) is 13.2. The van der Waals surface area contributed by atoms with Gasteiger partial charge in [-0.25, -0.2) is 15.0 Å². The maximum atomic E-state index is 5.27. The number of nitrogens with zero attached hydrogens (tertiary/aromatic N) is 6. The average molecular weight is 1200 g/mol. The Morgan fingerprint density at radius 2 is 0.585 bits per heavy atom. The van der Waals surface area contributed by atoms with Crippen LogP contribution in [0.5, 0.6) is 0 Å². The highest BCUT2D eigenvalue weighted by atomic mass is 15.2. The van der Waals surface area contributed by atoms with Crippen LogP contribution in [0, 0.1) is 0 Å². The number of anilines is 6. The Morgan fingerprint density at radius 1 is 0.223 bits per heavy atom. The normalized spacial score (nSPS) is 12.2. The second-order valence-electron chi connectivity index (χ2n) is 24.3. The molecule has 0 amide bonds. The molecule has 14 aromatic carbocycles. The van der Waals surface area contributed by atoms with E-state index in [0.717, 1.165) is 134 Å². The number of aromatic nitrogens is 4. The third-order valence-electron chi connectivity index (χ3n) is 18.8. The van der Waals surface area contributed by atoms with Crippen LogP contribution in [-0.4, -0.2) is 26.2 Å². The molecule has 4 heterocycles. The maximum Gasteiger partial charge on any atom is 0.252 e. The average Bonchev–Trinajstić information content (AvgIpc) is 0.804. The Labute approximate surface area is 546 Å². The first-order valence-corrected chi connectivity index (χ1v) is 32.1. The number of para-hydroxylation sites is 4. The van der Waals surface area contributed by atoms with Crippen molar-refractivity contribution in [3.8, 4) is 95.5 Å². The van der Waals surface area contributed by atoms with Gasteiger partial charge in [-0.2, -0.15) is 0 Å². The molecule has 7 heteroatoms. The topological polar surface area (TPSA) is 50.1 Å². The molecule has 0 unspecified atom stereocenters. The fraction of sp³-hybridized carbons (Fsp3) is 0. The van der Waals surface area contributed by atoms with E-state index < -0.39 is 0 Å². The molecule has 0 radical (unpaired) electrons. The van der Waals surface area contributed by atoms with Gasteiger partial charge in [0.1, 0.15) is 0 Å². The van der Waals surface area contributed by atoms with E-state index in [4.69, 9.17) is 15.0 Å². The second kappa shape index (κ2) is 22.8. The van der Waals surface area contributed by atoms with Crippen molar-refractivity contribution in [2.24, 2.45) is 0 Å². The molecule has 2 aliphatic heterocycles. The van der Waals surface area contributed by atoms with Crippen LogP contribution in [0.4, 0.5) is 34.1 Å². The van der Waals surface area contributed by atoms with Crippen LogP contribution in [0.2, 0.25) is 0 Å². The summed E-state index contributed by atoms with van der Waals surface area (Å²) in [5, 5.41) is 2.27. The van der Waals surface area contributed by atoms with Crippen molar-refractivity contribution in [3.63, 3.8) is 0 Å². The highest BCUT2D eigenvalue weighted by Crippen LogP contribution is 2.49. The monoisotopic (exact) mass is 1200 g/mol. The molecule has 0 saturated heterocycles.